The summed E-state index contributed by atoms with van der Waals surface area (Å²) < 4.78 is 4.98. The Morgan fingerprint density at radius 1 is 1.47 bits per heavy atom. The summed E-state index contributed by atoms with van der Waals surface area (Å²) in [5, 5.41) is 8.99. The van der Waals surface area contributed by atoms with Crippen molar-refractivity contribution in [2.24, 2.45) is 17.6 Å². The van der Waals surface area contributed by atoms with E-state index in [4.69, 9.17) is 15.6 Å². The van der Waals surface area contributed by atoms with Gasteiger partial charge in [0.05, 0.1) is 13.2 Å². The summed E-state index contributed by atoms with van der Waals surface area (Å²) in [5.41, 5.74) is 5.69. The molecule has 0 heterocycles. The maximum absolute atomic E-state index is 12.3. The Morgan fingerprint density at radius 3 is 2.82 bits per heavy atom. The van der Waals surface area contributed by atoms with Crippen LogP contribution >= 0.6 is 0 Å². The summed E-state index contributed by atoms with van der Waals surface area (Å²) in [6, 6.07) is 0. The second kappa shape index (κ2) is 7.63. The van der Waals surface area contributed by atoms with Gasteiger partial charge < -0.3 is 20.5 Å². The third kappa shape index (κ3) is 3.94. The van der Waals surface area contributed by atoms with Crippen molar-refractivity contribution in [3.05, 3.63) is 0 Å². The van der Waals surface area contributed by atoms with Gasteiger partial charge in [-0.3, -0.25) is 4.79 Å². The molecule has 5 heteroatoms. The SMILES string of the molecule is COCCN(CCO)C(=O)C1CCCC1CN. The number of aliphatic hydroxyl groups is 1. The molecule has 2 atom stereocenters. The fourth-order valence-corrected chi connectivity index (χ4v) is 2.53. The van der Waals surface area contributed by atoms with Gasteiger partial charge in [-0.25, -0.2) is 0 Å². The number of ether oxygens (including phenoxy) is 1. The van der Waals surface area contributed by atoms with Crippen LogP contribution in [0.2, 0.25) is 0 Å². The molecule has 0 aliphatic heterocycles. The number of aliphatic hydroxyl groups excluding tert-OH is 1. The van der Waals surface area contributed by atoms with E-state index in [2.05, 4.69) is 0 Å². The van der Waals surface area contributed by atoms with E-state index in [0.717, 1.165) is 19.3 Å². The van der Waals surface area contributed by atoms with Crippen molar-refractivity contribution < 1.29 is 14.6 Å². The number of nitrogens with two attached hydrogens (primary N) is 1. The monoisotopic (exact) mass is 244 g/mol. The fourth-order valence-electron chi connectivity index (χ4n) is 2.53. The minimum absolute atomic E-state index is 0.00450. The zero-order valence-corrected chi connectivity index (χ0v) is 10.6. The van der Waals surface area contributed by atoms with Gasteiger partial charge in [-0.2, -0.15) is 0 Å². The van der Waals surface area contributed by atoms with Crippen LogP contribution in [0, 0.1) is 11.8 Å². The lowest BCUT2D eigenvalue weighted by atomic mass is 9.94. The molecular formula is C12H24N2O3. The zero-order valence-electron chi connectivity index (χ0n) is 10.6. The summed E-state index contributed by atoms with van der Waals surface area (Å²) in [7, 11) is 1.61. The quantitative estimate of drug-likeness (QED) is 0.652. The average molecular weight is 244 g/mol. The Kier molecular flexibility index (Phi) is 6.47. The predicted octanol–water partition coefficient (Wildman–Crippen LogP) is -0.171. The van der Waals surface area contributed by atoms with Gasteiger partial charge in [0, 0.05) is 26.1 Å². The zero-order chi connectivity index (χ0) is 12.7. The van der Waals surface area contributed by atoms with Crippen molar-refractivity contribution in [1.29, 1.82) is 0 Å². The number of hydrogen-bond acceptors (Lipinski definition) is 4. The lowest BCUT2D eigenvalue weighted by Gasteiger charge is -2.27. The first-order valence-electron chi connectivity index (χ1n) is 6.33. The van der Waals surface area contributed by atoms with Crippen molar-refractivity contribution in [2.75, 3.05) is 40.0 Å². The molecule has 0 aromatic rings. The molecule has 1 saturated carbocycles. The molecule has 1 aliphatic carbocycles. The number of hydrogen-bond donors (Lipinski definition) is 2. The molecule has 0 aromatic carbocycles. The summed E-state index contributed by atoms with van der Waals surface area (Å²) in [4.78, 5) is 14.0. The topological polar surface area (TPSA) is 75.8 Å². The van der Waals surface area contributed by atoms with E-state index in [0.29, 0.717) is 32.2 Å². The van der Waals surface area contributed by atoms with Crippen LogP contribution in [0.25, 0.3) is 0 Å². The van der Waals surface area contributed by atoms with Gasteiger partial charge in [-0.15, -0.1) is 0 Å². The maximum Gasteiger partial charge on any atom is 0.226 e. The van der Waals surface area contributed by atoms with Gasteiger partial charge in [-0.1, -0.05) is 6.42 Å². The van der Waals surface area contributed by atoms with E-state index in [1.54, 1.807) is 12.0 Å². The minimum atomic E-state index is -0.00450. The van der Waals surface area contributed by atoms with E-state index >= 15 is 0 Å². The Hall–Kier alpha value is -0.650. The average Bonchev–Trinajstić information content (AvgIpc) is 2.81. The van der Waals surface area contributed by atoms with Crippen molar-refractivity contribution in [1.82, 2.24) is 4.90 Å². The predicted molar refractivity (Wildman–Crippen MR) is 65.4 cm³/mol. The second-order valence-corrected chi connectivity index (χ2v) is 4.57. The van der Waals surface area contributed by atoms with Crippen molar-refractivity contribution in [3.63, 3.8) is 0 Å². The van der Waals surface area contributed by atoms with E-state index in [9.17, 15) is 4.79 Å². The molecule has 5 nitrogen and oxygen atoms in total. The van der Waals surface area contributed by atoms with Crippen LogP contribution in [0.3, 0.4) is 0 Å². The Bertz CT molecular complexity index is 236. The van der Waals surface area contributed by atoms with Crippen molar-refractivity contribution in [2.45, 2.75) is 19.3 Å². The molecule has 0 aromatic heterocycles. The molecule has 1 amide bonds. The number of carbonyl (C=O) groups is 1. The van der Waals surface area contributed by atoms with Crippen LogP contribution < -0.4 is 5.73 Å². The summed E-state index contributed by atoms with van der Waals surface area (Å²) in [6.45, 7) is 2.01. The third-order valence-electron chi connectivity index (χ3n) is 3.53. The van der Waals surface area contributed by atoms with Crippen LogP contribution in [0.5, 0.6) is 0 Å². The number of nitrogens with zero attached hydrogens (tertiary/aromatic N) is 1. The number of carbonyl (C=O) groups excluding carboxylic acids is 1. The molecule has 1 aliphatic rings. The lowest BCUT2D eigenvalue weighted by Crippen LogP contribution is -2.42. The smallest absolute Gasteiger partial charge is 0.226 e. The van der Waals surface area contributed by atoms with Gasteiger partial charge in [-0.05, 0) is 25.3 Å². The Balaban J connectivity index is 2.56. The number of amides is 1. The van der Waals surface area contributed by atoms with Crippen LogP contribution in [0.4, 0.5) is 0 Å². The highest BCUT2D eigenvalue weighted by atomic mass is 16.5. The molecule has 1 rings (SSSR count). The molecule has 3 N–H and O–H groups in total. The number of rotatable bonds is 7. The van der Waals surface area contributed by atoms with Crippen molar-refractivity contribution in [3.8, 4) is 0 Å². The van der Waals surface area contributed by atoms with E-state index < -0.39 is 0 Å². The minimum Gasteiger partial charge on any atom is -0.395 e. The molecule has 1 fully saturated rings. The van der Waals surface area contributed by atoms with Crippen molar-refractivity contribution >= 4 is 5.91 Å². The summed E-state index contributed by atoms with van der Waals surface area (Å²) in [6.07, 6.45) is 3.05. The Labute approximate surface area is 103 Å². The third-order valence-corrected chi connectivity index (χ3v) is 3.53. The standard InChI is InChI=1S/C12H24N2O3/c1-17-8-6-14(5-7-15)12(16)11-4-2-3-10(11)9-13/h10-11,15H,2-9,13H2,1H3. The van der Waals surface area contributed by atoms with Gasteiger partial charge >= 0.3 is 0 Å². The van der Waals surface area contributed by atoms with Gasteiger partial charge in [0.1, 0.15) is 0 Å². The highest BCUT2D eigenvalue weighted by Gasteiger charge is 2.34. The molecule has 0 radical (unpaired) electrons. The molecule has 0 spiro atoms. The summed E-state index contributed by atoms with van der Waals surface area (Å²) in [5.74, 6) is 0.485. The van der Waals surface area contributed by atoms with Crippen LogP contribution in [-0.2, 0) is 9.53 Å². The van der Waals surface area contributed by atoms with E-state index in [1.165, 1.54) is 0 Å². The Morgan fingerprint density at radius 2 is 2.24 bits per heavy atom. The molecular weight excluding hydrogens is 220 g/mol. The van der Waals surface area contributed by atoms with Crippen LogP contribution in [-0.4, -0.2) is 55.9 Å². The first-order valence-corrected chi connectivity index (χ1v) is 6.33. The normalized spacial score (nSPS) is 23.9. The molecule has 2 unspecified atom stereocenters. The van der Waals surface area contributed by atoms with Gasteiger partial charge in [0.15, 0.2) is 0 Å². The highest BCUT2D eigenvalue weighted by molar-refractivity contribution is 5.79. The molecule has 100 valence electrons. The van der Waals surface area contributed by atoms with Gasteiger partial charge in [0.25, 0.3) is 0 Å². The van der Waals surface area contributed by atoms with Crippen LogP contribution in [0.15, 0.2) is 0 Å². The largest absolute Gasteiger partial charge is 0.395 e. The highest BCUT2D eigenvalue weighted by Crippen LogP contribution is 2.32. The number of methoxy groups -OCH3 is 1. The second-order valence-electron chi connectivity index (χ2n) is 4.57. The van der Waals surface area contributed by atoms with E-state index in [-0.39, 0.29) is 18.4 Å². The first kappa shape index (κ1) is 14.4. The van der Waals surface area contributed by atoms with Crippen LogP contribution in [0.1, 0.15) is 19.3 Å². The summed E-state index contributed by atoms with van der Waals surface area (Å²) >= 11 is 0. The lowest BCUT2D eigenvalue weighted by molar-refractivity contribution is -0.137. The first-order chi connectivity index (χ1) is 8.24. The molecule has 0 saturated heterocycles. The molecule has 17 heavy (non-hydrogen) atoms. The fraction of sp³-hybridized carbons (Fsp3) is 0.917. The maximum atomic E-state index is 12.3. The van der Waals surface area contributed by atoms with E-state index in [1.807, 2.05) is 0 Å². The van der Waals surface area contributed by atoms with Gasteiger partial charge in [0.2, 0.25) is 5.91 Å². The molecule has 0 bridgehead atoms.